The molecule has 0 unspecified atom stereocenters. The third-order valence-electron chi connectivity index (χ3n) is 2.97. The van der Waals surface area contributed by atoms with E-state index in [2.05, 4.69) is 21.8 Å². The molecule has 0 radical (unpaired) electrons. The number of hydrogen-bond acceptors (Lipinski definition) is 5. The van der Waals surface area contributed by atoms with Crippen molar-refractivity contribution in [2.24, 2.45) is 0 Å². The Bertz CT molecular complexity index is 823. The Hall–Kier alpha value is -2.31. The van der Waals surface area contributed by atoms with Gasteiger partial charge in [-0.3, -0.25) is 9.17 Å². The fourth-order valence-corrected chi connectivity index (χ4v) is 3.47. The largest absolute Gasteiger partial charge is 0.345 e. The molecule has 0 aliphatic heterocycles. The Kier molecular flexibility index (Phi) is 4.41. The molecule has 22 heavy (non-hydrogen) atoms. The highest BCUT2D eigenvalue weighted by Crippen LogP contribution is 2.29. The van der Waals surface area contributed by atoms with Crippen molar-refractivity contribution in [1.82, 2.24) is 4.37 Å². The van der Waals surface area contributed by atoms with E-state index in [-0.39, 0.29) is 5.56 Å². The first kappa shape index (κ1) is 14.6. The number of hydrogen-bond donors (Lipinski definition) is 3. The molecule has 1 heterocycles. The fraction of sp³-hybridized carbons (Fsp3) is 0. The Morgan fingerprint density at radius 2 is 1.73 bits per heavy atom. The van der Waals surface area contributed by atoms with Crippen molar-refractivity contribution >= 4 is 40.2 Å². The summed E-state index contributed by atoms with van der Waals surface area (Å²) >= 11 is 2.89. The standard InChI is InChI=1S/C16H13N3OS2/c17-10-14-15(20)19-22-16(14)18-11-6-8-13(9-7-11)21-12-4-2-1-3-5-12/h1-10,17-18H,(H,19,20). The fourth-order valence-electron chi connectivity index (χ4n) is 1.90. The van der Waals surface area contributed by atoms with Gasteiger partial charge in [-0.1, -0.05) is 30.0 Å². The molecule has 0 bridgehead atoms. The van der Waals surface area contributed by atoms with Gasteiger partial charge >= 0.3 is 0 Å². The van der Waals surface area contributed by atoms with E-state index < -0.39 is 0 Å². The summed E-state index contributed by atoms with van der Waals surface area (Å²) in [5.74, 6) is 0. The number of aromatic nitrogens is 1. The van der Waals surface area contributed by atoms with Gasteiger partial charge in [-0.15, -0.1) is 0 Å². The molecular formula is C16H13N3OS2. The average molecular weight is 327 g/mol. The highest BCUT2D eigenvalue weighted by molar-refractivity contribution is 7.99. The first-order valence-corrected chi connectivity index (χ1v) is 8.21. The third-order valence-corrected chi connectivity index (χ3v) is 4.80. The highest BCUT2D eigenvalue weighted by atomic mass is 32.2. The molecule has 0 aliphatic rings. The molecule has 0 amide bonds. The smallest absolute Gasteiger partial charge is 0.269 e. The van der Waals surface area contributed by atoms with Gasteiger partial charge in [0.1, 0.15) is 5.00 Å². The van der Waals surface area contributed by atoms with Crippen molar-refractivity contribution in [3.63, 3.8) is 0 Å². The van der Waals surface area contributed by atoms with E-state index in [1.807, 2.05) is 42.5 Å². The summed E-state index contributed by atoms with van der Waals surface area (Å²) in [6.07, 6.45) is 1.07. The Balaban J connectivity index is 1.74. The SMILES string of the molecule is N=Cc1c(Nc2ccc(Sc3ccccc3)cc2)s[nH]c1=O. The molecule has 0 atom stereocenters. The van der Waals surface area contributed by atoms with E-state index in [9.17, 15) is 4.79 Å². The van der Waals surface area contributed by atoms with Crippen molar-refractivity contribution in [2.75, 3.05) is 5.32 Å². The molecule has 0 fully saturated rings. The van der Waals surface area contributed by atoms with Crippen LogP contribution in [0.1, 0.15) is 5.56 Å². The molecule has 3 aromatic rings. The van der Waals surface area contributed by atoms with E-state index in [0.717, 1.165) is 16.8 Å². The van der Waals surface area contributed by atoms with Crippen LogP contribution in [-0.2, 0) is 0 Å². The molecule has 0 spiro atoms. The summed E-state index contributed by atoms with van der Waals surface area (Å²) in [6.45, 7) is 0. The van der Waals surface area contributed by atoms with Gasteiger partial charge < -0.3 is 10.7 Å². The zero-order chi connectivity index (χ0) is 15.4. The van der Waals surface area contributed by atoms with E-state index in [1.54, 1.807) is 11.8 Å². The topological polar surface area (TPSA) is 68.7 Å². The summed E-state index contributed by atoms with van der Waals surface area (Å²) in [4.78, 5) is 13.8. The van der Waals surface area contributed by atoms with Gasteiger partial charge in [0, 0.05) is 21.7 Å². The molecular weight excluding hydrogens is 314 g/mol. The zero-order valence-corrected chi connectivity index (χ0v) is 13.1. The molecule has 3 N–H and O–H groups in total. The van der Waals surface area contributed by atoms with E-state index in [1.165, 1.54) is 16.4 Å². The van der Waals surface area contributed by atoms with Crippen molar-refractivity contribution in [3.05, 3.63) is 70.5 Å². The number of rotatable bonds is 5. The van der Waals surface area contributed by atoms with E-state index >= 15 is 0 Å². The summed E-state index contributed by atoms with van der Waals surface area (Å²) in [7, 11) is 0. The molecule has 110 valence electrons. The van der Waals surface area contributed by atoms with Gasteiger partial charge in [-0.05, 0) is 47.9 Å². The predicted molar refractivity (Wildman–Crippen MR) is 93.1 cm³/mol. The Labute approximate surface area is 135 Å². The van der Waals surface area contributed by atoms with Gasteiger partial charge in [0.2, 0.25) is 0 Å². The van der Waals surface area contributed by atoms with Crippen molar-refractivity contribution in [2.45, 2.75) is 9.79 Å². The van der Waals surface area contributed by atoms with Crippen LogP contribution >= 0.6 is 23.3 Å². The minimum absolute atomic E-state index is 0.237. The lowest BCUT2D eigenvalue weighted by atomic mass is 10.3. The molecule has 4 nitrogen and oxygen atoms in total. The quantitative estimate of drug-likeness (QED) is 0.611. The van der Waals surface area contributed by atoms with Crippen molar-refractivity contribution in [1.29, 1.82) is 5.41 Å². The molecule has 0 aliphatic carbocycles. The molecule has 6 heteroatoms. The summed E-state index contributed by atoms with van der Waals surface area (Å²) < 4.78 is 2.62. The summed E-state index contributed by atoms with van der Waals surface area (Å²) in [6, 6.07) is 18.2. The molecule has 2 aromatic carbocycles. The highest BCUT2D eigenvalue weighted by Gasteiger charge is 2.08. The maximum atomic E-state index is 11.5. The molecule has 0 saturated heterocycles. The average Bonchev–Trinajstić information content (AvgIpc) is 2.90. The van der Waals surface area contributed by atoms with E-state index in [4.69, 9.17) is 5.41 Å². The minimum Gasteiger partial charge on any atom is -0.345 e. The normalized spacial score (nSPS) is 10.4. The van der Waals surface area contributed by atoms with Gasteiger partial charge in [0.05, 0.1) is 5.56 Å². The van der Waals surface area contributed by atoms with Crippen LogP contribution in [0.25, 0.3) is 0 Å². The van der Waals surface area contributed by atoms with Crippen LogP contribution in [0.4, 0.5) is 10.7 Å². The summed E-state index contributed by atoms with van der Waals surface area (Å²) in [5, 5.41) is 11.1. The Morgan fingerprint density at radius 3 is 2.41 bits per heavy atom. The van der Waals surface area contributed by atoms with Crippen LogP contribution in [0.5, 0.6) is 0 Å². The van der Waals surface area contributed by atoms with Crippen LogP contribution < -0.4 is 10.9 Å². The number of nitrogens with one attached hydrogen (secondary N) is 3. The lowest BCUT2D eigenvalue weighted by Gasteiger charge is -2.06. The van der Waals surface area contributed by atoms with E-state index in [0.29, 0.717) is 10.6 Å². The van der Waals surface area contributed by atoms with Gasteiger partial charge in [-0.25, -0.2) is 0 Å². The second-order valence-corrected chi connectivity index (χ2v) is 6.45. The van der Waals surface area contributed by atoms with Gasteiger partial charge in [0.25, 0.3) is 5.56 Å². The van der Waals surface area contributed by atoms with Crippen LogP contribution in [0.2, 0.25) is 0 Å². The lowest BCUT2D eigenvalue weighted by molar-refractivity contribution is 1.39. The second kappa shape index (κ2) is 6.64. The third kappa shape index (κ3) is 3.29. The minimum atomic E-state index is -0.237. The lowest BCUT2D eigenvalue weighted by Crippen LogP contribution is -2.05. The molecule has 0 saturated carbocycles. The second-order valence-electron chi connectivity index (χ2n) is 4.48. The number of H-pyrrole nitrogens is 1. The molecule has 3 rings (SSSR count). The van der Waals surface area contributed by atoms with Crippen molar-refractivity contribution < 1.29 is 0 Å². The number of benzene rings is 2. The van der Waals surface area contributed by atoms with Gasteiger partial charge in [-0.2, -0.15) is 0 Å². The van der Waals surface area contributed by atoms with Gasteiger partial charge in [0.15, 0.2) is 0 Å². The van der Waals surface area contributed by atoms with Crippen LogP contribution in [-0.4, -0.2) is 10.6 Å². The first-order valence-electron chi connectivity index (χ1n) is 6.58. The summed E-state index contributed by atoms with van der Waals surface area (Å²) in [5.41, 5.74) is 1.00. The zero-order valence-electron chi connectivity index (χ0n) is 11.5. The monoisotopic (exact) mass is 327 g/mol. The maximum absolute atomic E-state index is 11.5. The van der Waals surface area contributed by atoms with Crippen LogP contribution in [0, 0.1) is 5.41 Å². The van der Waals surface area contributed by atoms with Crippen LogP contribution in [0.15, 0.2) is 69.2 Å². The van der Waals surface area contributed by atoms with Crippen LogP contribution in [0.3, 0.4) is 0 Å². The first-order chi connectivity index (χ1) is 10.8. The molecule has 1 aromatic heterocycles. The predicted octanol–water partition coefficient (Wildman–Crippen LogP) is 4.33. The van der Waals surface area contributed by atoms with Crippen molar-refractivity contribution in [3.8, 4) is 0 Å². The number of aromatic amines is 1. The Morgan fingerprint density at radius 1 is 1.05 bits per heavy atom. The maximum Gasteiger partial charge on any atom is 0.269 e. The number of anilines is 2.